The van der Waals surface area contributed by atoms with Crippen molar-refractivity contribution >= 4 is 17.0 Å². The van der Waals surface area contributed by atoms with E-state index in [1.807, 2.05) is 54.6 Å². The first-order valence-electron chi connectivity index (χ1n) is 10.1. The molecule has 0 spiro atoms. The molecular weight excluding hydrogens is 396 g/mol. The Morgan fingerprint density at radius 1 is 0.935 bits per heavy atom. The van der Waals surface area contributed by atoms with Crippen molar-refractivity contribution in [1.82, 2.24) is 19.1 Å². The molecule has 0 amide bonds. The number of aromatic nitrogens is 4. The summed E-state index contributed by atoms with van der Waals surface area (Å²) in [5.41, 5.74) is 1.27. The van der Waals surface area contributed by atoms with E-state index in [2.05, 4.69) is 14.7 Å². The lowest BCUT2D eigenvalue weighted by Gasteiger charge is -2.17. The third kappa shape index (κ3) is 4.09. The van der Waals surface area contributed by atoms with E-state index in [9.17, 15) is 14.4 Å². The Morgan fingerprint density at radius 3 is 2.45 bits per heavy atom. The van der Waals surface area contributed by atoms with Crippen LogP contribution in [0.15, 0.2) is 64.2 Å². The van der Waals surface area contributed by atoms with Crippen molar-refractivity contribution in [1.29, 1.82) is 0 Å². The molecular formula is C23H22N4O4. The van der Waals surface area contributed by atoms with Crippen LogP contribution in [0.5, 0.6) is 0 Å². The van der Waals surface area contributed by atoms with Crippen LogP contribution in [-0.4, -0.2) is 32.2 Å². The van der Waals surface area contributed by atoms with Gasteiger partial charge in [-0.1, -0.05) is 36.8 Å². The van der Waals surface area contributed by atoms with Crippen molar-refractivity contribution in [3.63, 3.8) is 0 Å². The molecule has 4 rings (SSSR count). The fourth-order valence-electron chi connectivity index (χ4n) is 3.60. The van der Waals surface area contributed by atoms with E-state index in [4.69, 9.17) is 0 Å². The molecule has 2 aromatic rings. The number of methoxy groups -OCH3 is 1. The monoisotopic (exact) mass is 418 g/mol. The van der Waals surface area contributed by atoms with Crippen molar-refractivity contribution in [3.05, 3.63) is 75.4 Å². The molecule has 0 unspecified atom stereocenters. The largest absolute Gasteiger partial charge is 0.469 e. The molecule has 158 valence electrons. The van der Waals surface area contributed by atoms with Gasteiger partial charge in [-0.15, -0.1) is 0 Å². The van der Waals surface area contributed by atoms with Crippen LogP contribution in [0, 0.1) is 0 Å². The van der Waals surface area contributed by atoms with Crippen LogP contribution in [0.4, 0.5) is 0 Å². The molecule has 0 fully saturated rings. The molecule has 2 aliphatic heterocycles. The zero-order valence-electron chi connectivity index (χ0n) is 17.2. The second-order valence-corrected chi connectivity index (χ2v) is 7.18. The third-order valence-corrected chi connectivity index (χ3v) is 5.16. The number of rotatable bonds is 7. The van der Waals surface area contributed by atoms with Gasteiger partial charge in [0, 0.05) is 18.7 Å². The third-order valence-electron chi connectivity index (χ3n) is 5.16. The van der Waals surface area contributed by atoms with Gasteiger partial charge in [-0.05, 0) is 37.1 Å². The summed E-state index contributed by atoms with van der Waals surface area (Å²) >= 11 is 0. The normalized spacial score (nSPS) is 11.1. The van der Waals surface area contributed by atoms with E-state index in [1.54, 1.807) is 4.57 Å². The van der Waals surface area contributed by atoms with Crippen LogP contribution in [0.25, 0.3) is 28.2 Å². The molecule has 0 aliphatic carbocycles. The maximum atomic E-state index is 13.2. The molecule has 0 bridgehead atoms. The Bertz CT molecular complexity index is 1310. The van der Waals surface area contributed by atoms with E-state index in [-0.39, 0.29) is 24.0 Å². The summed E-state index contributed by atoms with van der Waals surface area (Å²) in [5, 5.41) is 0. The standard InChI is InChI=1S/C23H22N4O4/c1-31-19(28)14-6-3-9-15-26-22(29)20-21(25-23(26)30)27(16-10-4-2-5-11-16)18-13-8-7-12-17(18)24-20/h2,4-5,7-8,10-13H,3,6,9,14-15H2,1H3. The summed E-state index contributed by atoms with van der Waals surface area (Å²) in [5.74, 6) is -0.0301. The second-order valence-electron chi connectivity index (χ2n) is 7.18. The minimum Gasteiger partial charge on any atom is -0.469 e. The molecule has 0 aromatic heterocycles. The van der Waals surface area contributed by atoms with Gasteiger partial charge in [0.2, 0.25) is 0 Å². The number of fused-ring (bicyclic) bond motifs is 2. The molecule has 0 atom stereocenters. The number of esters is 1. The zero-order valence-corrected chi connectivity index (χ0v) is 17.2. The van der Waals surface area contributed by atoms with E-state index < -0.39 is 11.2 Å². The summed E-state index contributed by atoms with van der Waals surface area (Å²) in [6.07, 6.45) is 2.21. The number of unbranched alkanes of at least 4 members (excludes halogenated alkanes) is 2. The van der Waals surface area contributed by atoms with Crippen LogP contribution in [-0.2, 0) is 16.1 Å². The van der Waals surface area contributed by atoms with Crippen LogP contribution in [0.1, 0.15) is 25.7 Å². The topological polar surface area (TPSA) is 96.1 Å². The Labute approximate surface area is 178 Å². The number of carbonyl (C=O) groups is 1. The zero-order chi connectivity index (χ0) is 21.8. The van der Waals surface area contributed by atoms with Gasteiger partial charge in [0.25, 0.3) is 5.56 Å². The Hall–Kier alpha value is -3.81. The highest BCUT2D eigenvalue weighted by molar-refractivity contribution is 5.81. The van der Waals surface area contributed by atoms with Gasteiger partial charge in [0.15, 0.2) is 11.5 Å². The van der Waals surface area contributed by atoms with Gasteiger partial charge in [-0.3, -0.25) is 18.7 Å². The Morgan fingerprint density at radius 2 is 1.68 bits per heavy atom. The first kappa shape index (κ1) is 20.5. The molecule has 2 heterocycles. The highest BCUT2D eigenvalue weighted by Crippen LogP contribution is 2.24. The SMILES string of the molecule is COC(=O)CCCCCn1c(=O)nc2n(-c3ccccc3)c3ccccc3nc-2c1=O. The van der Waals surface area contributed by atoms with Gasteiger partial charge >= 0.3 is 11.7 Å². The summed E-state index contributed by atoms with van der Waals surface area (Å²) in [6, 6.07) is 16.9. The van der Waals surface area contributed by atoms with E-state index in [0.717, 1.165) is 15.8 Å². The molecule has 2 aromatic carbocycles. The highest BCUT2D eigenvalue weighted by atomic mass is 16.5. The summed E-state index contributed by atoms with van der Waals surface area (Å²) in [7, 11) is 1.35. The molecule has 31 heavy (non-hydrogen) atoms. The number of ether oxygens (including phenoxy) is 1. The fourth-order valence-corrected chi connectivity index (χ4v) is 3.60. The van der Waals surface area contributed by atoms with Crippen molar-refractivity contribution < 1.29 is 9.53 Å². The van der Waals surface area contributed by atoms with E-state index in [1.165, 1.54) is 7.11 Å². The maximum Gasteiger partial charge on any atom is 0.352 e. The number of benzene rings is 2. The number of para-hydroxylation sites is 3. The number of nitrogens with zero attached hydrogens (tertiary/aromatic N) is 4. The van der Waals surface area contributed by atoms with Crippen LogP contribution in [0.3, 0.4) is 0 Å². The van der Waals surface area contributed by atoms with E-state index >= 15 is 0 Å². The van der Waals surface area contributed by atoms with Crippen LogP contribution >= 0.6 is 0 Å². The number of hydrogen-bond donors (Lipinski definition) is 0. The van der Waals surface area contributed by atoms with Crippen molar-refractivity contribution in [2.45, 2.75) is 32.2 Å². The lowest BCUT2D eigenvalue weighted by atomic mass is 10.2. The predicted molar refractivity (Wildman–Crippen MR) is 117 cm³/mol. The quantitative estimate of drug-likeness (QED) is 0.260. The average Bonchev–Trinajstić information content (AvgIpc) is 2.80. The Balaban J connectivity index is 1.77. The first-order valence-corrected chi connectivity index (χ1v) is 10.1. The molecule has 8 nitrogen and oxygen atoms in total. The van der Waals surface area contributed by atoms with Crippen LogP contribution in [0.2, 0.25) is 0 Å². The molecule has 0 radical (unpaired) electrons. The second kappa shape index (κ2) is 8.91. The first-order chi connectivity index (χ1) is 15.1. The lowest BCUT2D eigenvalue weighted by molar-refractivity contribution is -0.140. The molecule has 0 saturated heterocycles. The van der Waals surface area contributed by atoms with E-state index in [0.29, 0.717) is 31.2 Å². The highest BCUT2D eigenvalue weighted by Gasteiger charge is 2.22. The molecule has 0 N–H and O–H groups in total. The lowest BCUT2D eigenvalue weighted by Crippen LogP contribution is -2.38. The van der Waals surface area contributed by atoms with Gasteiger partial charge < -0.3 is 4.74 Å². The van der Waals surface area contributed by atoms with Crippen molar-refractivity contribution in [3.8, 4) is 17.2 Å². The van der Waals surface area contributed by atoms with Gasteiger partial charge in [0.05, 0.1) is 18.1 Å². The molecule has 8 heteroatoms. The summed E-state index contributed by atoms with van der Waals surface area (Å²) < 4.78 is 7.53. The molecule has 0 saturated carbocycles. The Kier molecular flexibility index (Phi) is 5.88. The van der Waals surface area contributed by atoms with Crippen LogP contribution < -0.4 is 11.2 Å². The maximum absolute atomic E-state index is 13.2. The predicted octanol–water partition coefficient (Wildman–Crippen LogP) is 2.78. The van der Waals surface area contributed by atoms with Gasteiger partial charge in [-0.25, -0.2) is 9.78 Å². The fraction of sp³-hybridized carbons (Fsp3) is 0.261. The minimum atomic E-state index is -0.604. The summed E-state index contributed by atoms with van der Waals surface area (Å²) in [4.78, 5) is 45.9. The van der Waals surface area contributed by atoms with Gasteiger partial charge in [-0.2, -0.15) is 4.98 Å². The minimum absolute atomic E-state index is 0.150. The molecule has 2 aliphatic rings. The smallest absolute Gasteiger partial charge is 0.352 e. The number of carbonyl (C=O) groups excluding carboxylic acids is 1. The number of hydrogen-bond acceptors (Lipinski definition) is 6. The summed E-state index contributed by atoms with van der Waals surface area (Å²) in [6.45, 7) is 0.224. The van der Waals surface area contributed by atoms with Crippen molar-refractivity contribution in [2.75, 3.05) is 7.11 Å². The van der Waals surface area contributed by atoms with Gasteiger partial charge in [0.1, 0.15) is 0 Å². The van der Waals surface area contributed by atoms with Crippen molar-refractivity contribution in [2.24, 2.45) is 0 Å². The average molecular weight is 418 g/mol.